The molecule has 0 aromatic rings. The van der Waals surface area contributed by atoms with Gasteiger partial charge in [0.1, 0.15) is 0 Å². The van der Waals surface area contributed by atoms with Gasteiger partial charge in [-0.25, -0.2) is 0 Å². The first-order valence-electron chi connectivity index (χ1n) is 3.50. The lowest BCUT2D eigenvalue weighted by atomic mass is 10.3. The predicted molar refractivity (Wildman–Crippen MR) is 70.0 cm³/mol. The molecule has 5 heteroatoms. The molecule has 0 radical (unpaired) electrons. The standard InChI is InChI=1S/C8H11I2NO2/c1-6(2)3-4-7(12-9)8(5-11)13-10/h3-5H,11H2,1-2H3/b7-4+,8-5+. The quantitative estimate of drug-likeness (QED) is 0.442. The van der Waals surface area contributed by atoms with Gasteiger partial charge >= 0.3 is 0 Å². The molecule has 0 aliphatic carbocycles. The molecule has 0 bridgehead atoms. The number of hydrogen-bond donors (Lipinski definition) is 1. The second-order valence-corrected chi connectivity index (χ2v) is 3.34. The average molecular weight is 407 g/mol. The zero-order valence-corrected chi connectivity index (χ0v) is 11.7. The molecule has 0 spiro atoms. The minimum atomic E-state index is 0.507. The van der Waals surface area contributed by atoms with Crippen LogP contribution in [0.4, 0.5) is 0 Å². The van der Waals surface area contributed by atoms with Gasteiger partial charge in [0, 0.05) is 6.20 Å². The molecule has 74 valence electrons. The van der Waals surface area contributed by atoms with E-state index in [1.54, 1.807) is 52.1 Å². The Morgan fingerprint density at radius 3 is 1.92 bits per heavy atom. The summed E-state index contributed by atoms with van der Waals surface area (Å²) >= 11 is 3.53. The molecule has 13 heavy (non-hydrogen) atoms. The van der Waals surface area contributed by atoms with Crippen LogP contribution in [-0.2, 0) is 6.13 Å². The van der Waals surface area contributed by atoms with E-state index in [9.17, 15) is 0 Å². The molecule has 0 fully saturated rings. The van der Waals surface area contributed by atoms with Gasteiger partial charge in [-0.3, -0.25) is 0 Å². The summed E-state index contributed by atoms with van der Waals surface area (Å²) in [6.45, 7) is 4.00. The second-order valence-electron chi connectivity index (χ2n) is 2.46. The van der Waals surface area contributed by atoms with Crippen LogP contribution < -0.4 is 5.73 Å². The molecular weight excluding hydrogens is 396 g/mol. The summed E-state index contributed by atoms with van der Waals surface area (Å²) in [6, 6.07) is 0. The van der Waals surface area contributed by atoms with Crippen LogP contribution in [0, 0.1) is 0 Å². The molecule has 0 rings (SSSR count). The first-order chi connectivity index (χ1) is 6.15. The molecule has 0 amide bonds. The van der Waals surface area contributed by atoms with Crippen molar-refractivity contribution in [3.8, 4) is 0 Å². The molecule has 0 saturated carbocycles. The molecule has 0 aliphatic rings. The van der Waals surface area contributed by atoms with Crippen LogP contribution in [0.25, 0.3) is 0 Å². The van der Waals surface area contributed by atoms with Gasteiger partial charge in [0.15, 0.2) is 57.5 Å². The zero-order valence-electron chi connectivity index (χ0n) is 7.38. The number of hydrogen-bond acceptors (Lipinski definition) is 3. The lowest BCUT2D eigenvalue weighted by Gasteiger charge is -2.03. The van der Waals surface area contributed by atoms with Gasteiger partial charge in [-0.15, -0.1) is 0 Å². The highest BCUT2D eigenvalue weighted by atomic mass is 127. The number of halogens is 2. The van der Waals surface area contributed by atoms with Crippen molar-refractivity contribution in [2.24, 2.45) is 5.73 Å². The summed E-state index contributed by atoms with van der Waals surface area (Å²) in [5, 5.41) is 0. The summed E-state index contributed by atoms with van der Waals surface area (Å²) in [6.07, 6.45) is 5.09. The van der Waals surface area contributed by atoms with Gasteiger partial charge in [-0.1, -0.05) is 11.6 Å². The Balaban J connectivity index is 4.68. The maximum absolute atomic E-state index is 5.33. The molecule has 3 nitrogen and oxygen atoms in total. The largest absolute Gasteiger partial charge is 0.424 e. The number of nitrogens with two attached hydrogens (primary N) is 1. The van der Waals surface area contributed by atoms with Gasteiger partial charge in [-0.05, 0) is 19.9 Å². The fraction of sp³-hybridized carbons (Fsp3) is 0.250. The normalized spacial score (nSPS) is 12.3. The van der Waals surface area contributed by atoms with Crippen molar-refractivity contribution in [3.05, 3.63) is 35.4 Å². The van der Waals surface area contributed by atoms with Crippen LogP contribution in [0.5, 0.6) is 0 Å². The van der Waals surface area contributed by atoms with E-state index in [2.05, 4.69) is 0 Å². The lowest BCUT2D eigenvalue weighted by Crippen LogP contribution is -1.93. The van der Waals surface area contributed by atoms with E-state index >= 15 is 0 Å². The topological polar surface area (TPSA) is 44.5 Å². The summed E-state index contributed by atoms with van der Waals surface area (Å²) < 4.78 is 10.0. The zero-order chi connectivity index (χ0) is 10.3. The summed E-state index contributed by atoms with van der Waals surface area (Å²) in [5.41, 5.74) is 6.51. The molecule has 0 heterocycles. The molecule has 0 atom stereocenters. The minimum Gasteiger partial charge on any atom is -0.424 e. The monoisotopic (exact) mass is 407 g/mol. The molecular formula is C8H11I2NO2. The van der Waals surface area contributed by atoms with Gasteiger partial charge in [0.05, 0.1) is 0 Å². The Morgan fingerprint density at radius 2 is 1.62 bits per heavy atom. The molecule has 0 saturated heterocycles. The Bertz CT molecular complexity index is 243. The Kier molecular flexibility index (Phi) is 7.53. The van der Waals surface area contributed by atoms with Crippen molar-refractivity contribution < 1.29 is 6.13 Å². The van der Waals surface area contributed by atoms with Crippen LogP contribution in [0.2, 0.25) is 0 Å². The Labute approximate surface area is 106 Å². The van der Waals surface area contributed by atoms with E-state index in [0.717, 1.165) is 0 Å². The van der Waals surface area contributed by atoms with Gasteiger partial charge < -0.3 is 11.9 Å². The SMILES string of the molecule is CC(C)=C/C=C(OI)\C(=C/N)OI. The first-order valence-corrected chi connectivity index (χ1v) is 5.26. The smallest absolute Gasteiger partial charge is 0.192 e. The summed E-state index contributed by atoms with van der Waals surface area (Å²) in [7, 11) is 0. The highest BCUT2D eigenvalue weighted by Gasteiger charge is 2.04. The highest BCUT2D eigenvalue weighted by Crippen LogP contribution is 2.18. The predicted octanol–water partition coefficient (Wildman–Crippen LogP) is 3.37. The molecule has 2 N–H and O–H groups in total. The van der Waals surface area contributed by atoms with Crippen molar-refractivity contribution >= 4 is 46.0 Å². The lowest BCUT2D eigenvalue weighted by molar-refractivity contribution is 0.471. The van der Waals surface area contributed by atoms with Crippen LogP contribution in [0.15, 0.2) is 35.4 Å². The van der Waals surface area contributed by atoms with Crippen LogP contribution >= 0.6 is 46.0 Å². The van der Waals surface area contributed by atoms with E-state index in [0.29, 0.717) is 11.5 Å². The molecule has 0 aromatic heterocycles. The first kappa shape index (κ1) is 13.1. The maximum atomic E-state index is 5.33. The summed E-state index contributed by atoms with van der Waals surface area (Å²) in [5.74, 6) is 1.10. The number of allylic oxidation sites excluding steroid dienone is 3. The van der Waals surface area contributed by atoms with Crippen molar-refractivity contribution in [1.82, 2.24) is 0 Å². The van der Waals surface area contributed by atoms with Gasteiger partial charge in [0.2, 0.25) is 0 Å². The summed E-state index contributed by atoms with van der Waals surface area (Å²) in [4.78, 5) is 0. The third-order valence-electron chi connectivity index (χ3n) is 1.13. The second kappa shape index (κ2) is 7.48. The average Bonchev–Trinajstić information content (AvgIpc) is 2.11. The van der Waals surface area contributed by atoms with Crippen LogP contribution in [-0.4, -0.2) is 0 Å². The number of rotatable bonds is 4. The van der Waals surface area contributed by atoms with Gasteiger partial charge in [-0.2, -0.15) is 0 Å². The van der Waals surface area contributed by atoms with Crippen molar-refractivity contribution in [2.45, 2.75) is 13.8 Å². The fourth-order valence-electron chi connectivity index (χ4n) is 0.534. The third kappa shape index (κ3) is 5.40. The third-order valence-corrected chi connectivity index (χ3v) is 2.08. The van der Waals surface area contributed by atoms with Crippen molar-refractivity contribution in [1.29, 1.82) is 0 Å². The van der Waals surface area contributed by atoms with Crippen molar-refractivity contribution in [2.75, 3.05) is 0 Å². The maximum Gasteiger partial charge on any atom is 0.192 e. The minimum absolute atomic E-state index is 0.507. The van der Waals surface area contributed by atoms with Gasteiger partial charge in [0.25, 0.3) is 0 Å². The van der Waals surface area contributed by atoms with E-state index in [1.165, 1.54) is 11.8 Å². The molecule has 0 unspecified atom stereocenters. The highest BCUT2D eigenvalue weighted by molar-refractivity contribution is 14.1. The Morgan fingerprint density at radius 1 is 1.08 bits per heavy atom. The molecule has 0 aliphatic heterocycles. The van der Waals surface area contributed by atoms with Crippen LogP contribution in [0.3, 0.4) is 0 Å². The van der Waals surface area contributed by atoms with Crippen molar-refractivity contribution in [3.63, 3.8) is 0 Å². The molecule has 0 aromatic carbocycles. The van der Waals surface area contributed by atoms with E-state index < -0.39 is 0 Å². The van der Waals surface area contributed by atoms with E-state index in [4.69, 9.17) is 11.9 Å². The van der Waals surface area contributed by atoms with E-state index in [-0.39, 0.29) is 0 Å². The van der Waals surface area contributed by atoms with E-state index in [1.807, 2.05) is 19.9 Å². The Hall–Kier alpha value is 0.0800. The van der Waals surface area contributed by atoms with Crippen LogP contribution in [0.1, 0.15) is 13.8 Å². The fourth-order valence-corrected chi connectivity index (χ4v) is 1.26.